The molecule has 1 atom stereocenters. The Labute approximate surface area is 161 Å². The highest BCUT2D eigenvalue weighted by atomic mass is 35.5. The fourth-order valence-corrected chi connectivity index (χ4v) is 3.33. The molecule has 0 radical (unpaired) electrons. The van der Waals surface area contributed by atoms with Gasteiger partial charge in [-0.05, 0) is 35.7 Å². The highest BCUT2D eigenvalue weighted by Crippen LogP contribution is 2.23. The van der Waals surface area contributed by atoms with E-state index in [1.807, 2.05) is 0 Å². The number of halogens is 2. The van der Waals surface area contributed by atoms with Gasteiger partial charge in [-0.3, -0.25) is 19.8 Å². The second kappa shape index (κ2) is 8.98. The Morgan fingerprint density at radius 2 is 1.65 bits per heavy atom. The number of carboxylic acids is 1. The number of nitro benzene ring substituents is 1. The van der Waals surface area contributed by atoms with E-state index in [0.29, 0.717) is 29.6 Å². The molecule has 8 heteroatoms. The van der Waals surface area contributed by atoms with Gasteiger partial charge in [0, 0.05) is 35.3 Å². The van der Waals surface area contributed by atoms with Gasteiger partial charge < -0.3 is 5.11 Å². The van der Waals surface area contributed by atoms with Gasteiger partial charge in [0.2, 0.25) is 0 Å². The van der Waals surface area contributed by atoms with Gasteiger partial charge in [-0.1, -0.05) is 42.3 Å². The molecule has 0 aliphatic rings. The molecule has 2 rings (SSSR count). The largest absolute Gasteiger partial charge is 0.480 e. The van der Waals surface area contributed by atoms with Crippen LogP contribution in [0, 0.1) is 10.1 Å². The number of aliphatic carboxylic acids is 1. The molecule has 0 aliphatic carbocycles. The van der Waals surface area contributed by atoms with Gasteiger partial charge in [-0.15, -0.1) is 0 Å². The lowest BCUT2D eigenvalue weighted by Gasteiger charge is -2.28. The summed E-state index contributed by atoms with van der Waals surface area (Å²) in [6.45, 7) is 2.46. The topological polar surface area (TPSA) is 83.7 Å². The third-order valence-corrected chi connectivity index (χ3v) is 4.39. The molecule has 2 aromatic rings. The molecular formula is C18H18Cl2N2O4. The maximum absolute atomic E-state index is 11.6. The number of rotatable bonds is 8. The smallest absolute Gasteiger partial charge is 0.320 e. The number of nitro groups is 1. The molecule has 0 aromatic heterocycles. The van der Waals surface area contributed by atoms with E-state index >= 15 is 0 Å². The van der Waals surface area contributed by atoms with Crippen LogP contribution in [0.15, 0.2) is 42.5 Å². The van der Waals surface area contributed by atoms with Crippen molar-refractivity contribution in [2.45, 2.75) is 32.5 Å². The number of hydrogen-bond acceptors (Lipinski definition) is 4. The van der Waals surface area contributed by atoms with Crippen molar-refractivity contribution in [2.24, 2.45) is 0 Å². The maximum atomic E-state index is 11.6. The summed E-state index contributed by atoms with van der Waals surface area (Å²) in [5.41, 5.74) is 1.57. The summed E-state index contributed by atoms with van der Waals surface area (Å²) >= 11 is 12.1. The van der Waals surface area contributed by atoms with Crippen LogP contribution in [0.25, 0.3) is 0 Å². The van der Waals surface area contributed by atoms with Gasteiger partial charge in [0.25, 0.3) is 5.69 Å². The Hall–Kier alpha value is -2.15. The normalized spacial score (nSPS) is 12.2. The van der Waals surface area contributed by atoms with Gasteiger partial charge >= 0.3 is 5.97 Å². The maximum Gasteiger partial charge on any atom is 0.320 e. The predicted molar refractivity (Wildman–Crippen MR) is 101 cm³/mol. The second-order valence-corrected chi connectivity index (χ2v) is 6.74. The quantitative estimate of drug-likeness (QED) is 0.513. The molecule has 1 unspecified atom stereocenters. The van der Waals surface area contributed by atoms with E-state index < -0.39 is 16.9 Å². The Balaban J connectivity index is 2.28. The van der Waals surface area contributed by atoms with Crippen LogP contribution in [-0.2, 0) is 17.9 Å². The fourth-order valence-electron chi connectivity index (χ4n) is 2.76. The van der Waals surface area contributed by atoms with E-state index in [9.17, 15) is 20.0 Å². The fraction of sp³-hybridized carbons (Fsp3) is 0.278. The Morgan fingerprint density at radius 1 is 1.12 bits per heavy atom. The van der Waals surface area contributed by atoms with Crippen LogP contribution >= 0.6 is 23.2 Å². The monoisotopic (exact) mass is 396 g/mol. The van der Waals surface area contributed by atoms with Crippen LogP contribution in [0.1, 0.15) is 24.5 Å². The lowest BCUT2D eigenvalue weighted by Crippen LogP contribution is -2.39. The van der Waals surface area contributed by atoms with E-state index in [1.165, 1.54) is 12.1 Å². The molecule has 0 saturated heterocycles. The van der Waals surface area contributed by atoms with E-state index in [2.05, 4.69) is 0 Å². The van der Waals surface area contributed by atoms with Gasteiger partial charge in [-0.2, -0.15) is 0 Å². The van der Waals surface area contributed by atoms with Gasteiger partial charge in [-0.25, -0.2) is 0 Å². The minimum atomic E-state index is -0.928. The molecule has 26 heavy (non-hydrogen) atoms. The third-order valence-electron chi connectivity index (χ3n) is 3.95. The minimum absolute atomic E-state index is 0.00722. The Bertz CT molecular complexity index is 776. The Morgan fingerprint density at radius 3 is 2.12 bits per heavy atom. The molecule has 1 N–H and O–H groups in total. The standard InChI is InChI=1S/C18H18Cl2N2O4/c1-2-17(18(23)24)21(11-13-7-14(19)9-15(20)8-13)10-12-3-5-16(6-4-12)22(25)26/h3-9,17H,2,10-11H2,1H3,(H,23,24). The summed E-state index contributed by atoms with van der Waals surface area (Å²) in [7, 11) is 0. The molecule has 2 aromatic carbocycles. The molecular weight excluding hydrogens is 379 g/mol. The molecule has 0 aliphatic heterocycles. The lowest BCUT2D eigenvalue weighted by atomic mass is 10.1. The van der Waals surface area contributed by atoms with Crippen LogP contribution in [0.3, 0.4) is 0 Å². The predicted octanol–water partition coefficient (Wildman–Crippen LogP) is 4.77. The number of benzene rings is 2. The van der Waals surface area contributed by atoms with Gasteiger partial charge in [0.15, 0.2) is 0 Å². The third kappa shape index (κ3) is 5.42. The molecule has 0 bridgehead atoms. The zero-order valence-electron chi connectivity index (χ0n) is 14.1. The highest BCUT2D eigenvalue weighted by Gasteiger charge is 2.24. The summed E-state index contributed by atoms with van der Waals surface area (Å²) in [5, 5.41) is 21.3. The molecule has 138 valence electrons. The number of non-ortho nitro benzene ring substituents is 1. The summed E-state index contributed by atoms with van der Waals surface area (Å²) in [6, 6.07) is 10.5. The summed E-state index contributed by atoms with van der Waals surface area (Å²) in [5.74, 6) is -0.928. The van der Waals surface area contributed by atoms with E-state index in [1.54, 1.807) is 42.2 Å². The Kier molecular flexibility index (Phi) is 6.97. The first-order chi connectivity index (χ1) is 12.3. The van der Waals surface area contributed by atoms with Crippen LogP contribution in [0.5, 0.6) is 0 Å². The summed E-state index contributed by atoms with van der Waals surface area (Å²) < 4.78 is 0. The number of carboxylic acid groups (broad SMARTS) is 1. The van der Waals surface area contributed by atoms with Gasteiger partial charge in [0.05, 0.1) is 4.92 Å². The van der Waals surface area contributed by atoms with Crippen molar-refractivity contribution in [3.05, 3.63) is 73.8 Å². The second-order valence-electron chi connectivity index (χ2n) is 5.87. The van der Waals surface area contributed by atoms with Crippen molar-refractivity contribution < 1.29 is 14.8 Å². The van der Waals surface area contributed by atoms with Crippen molar-refractivity contribution in [2.75, 3.05) is 0 Å². The van der Waals surface area contributed by atoms with Crippen molar-refractivity contribution in [1.29, 1.82) is 0 Å². The number of carbonyl (C=O) groups is 1. The highest BCUT2D eigenvalue weighted by molar-refractivity contribution is 6.34. The zero-order chi connectivity index (χ0) is 19.3. The number of nitrogens with zero attached hydrogens (tertiary/aromatic N) is 2. The van der Waals surface area contributed by atoms with Crippen LogP contribution in [-0.4, -0.2) is 26.9 Å². The average Bonchev–Trinajstić information content (AvgIpc) is 2.54. The van der Waals surface area contributed by atoms with E-state index in [-0.39, 0.29) is 5.69 Å². The first kappa shape index (κ1) is 20.2. The molecule has 0 saturated carbocycles. The molecule has 0 heterocycles. The zero-order valence-corrected chi connectivity index (χ0v) is 15.6. The molecule has 0 amide bonds. The average molecular weight is 397 g/mol. The lowest BCUT2D eigenvalue weighted by molar-refractivity contribution is -0.384. The van der Waals surface area contributed by atoms with Crippen molar-refractivity contribution in [1.82, 2.24) is 4.90 Å². The molecule has 0 fully saturated rings. The van der Waals surface area contributed by atoms with E-state index in [0.717, 1.165) is 11.1 Å². The van der Waals surface area contributed by atoms with Crippen molar-refractivity contribution in [3.63, 3.8) is 0 Å². The summed E-state index contributed by atoms with van der Waals surface area (Å²) in [6.07, 6.45) is 0.413. The number of hydrogen-bond donors (Lipinski definition) is 1. The molecule has 0 spiro atoms. The van der Waals surface area contributed by atoms with Crippen LogP contribution < -0.4 is 0 Å². The van der Waals surface area contributed by atoms with Gasteiger partial charge in [0.1, 0.15) is 6.04 Å². The first-order valence-electron chi connectivity index (χ1n) is 7.95. The minimum Gasteiger partial charge on any atom is -0.480 e. The first-order valence-corrected chi connectivity index (χ1v) is 8.71. The molecule has 6 nitrogen and oxygen atoms in total. The van der Waals surface area contributed by atoms with Crippen LogP contribution in [0.2, 0.25) is 10.0 Å². The SMILES string of the molecule is CCC(C(=O)O)N(Cc1ccc([N+](=O)[O-])cc1)Cc1cc(Cl)cc(Cl)c1. The van der Waals surface area contributed by atoms with Crippen molar-refractivity contribution in [3.8, 4) is 0 Å². The van der Waals surface area contributed by atoms with Crippen LogP contribution in [0.4, 0.5) is 5.69 Å². The summed E-state index contributed by atoms with van der Waals surface area (Å²) in [4.78, 5) is 23.7. The van der Waals surface area contributed by atoms with E-state index in [4.69, 9.17) is 23.2 Å². The van der Waals surface area contributed by atoms with Crippen molar-refractivity contribution >= 4 is 34.9 Å².